The maximum absolute atomic E-state index is 10.4. The van der Waals surface area contributed by atoms with Crippen molar-refractivity contribution in [3.63, 3.8) is 0 Å². The van der Waals surface area contributed by atoms with Crippen LogP contribution in [0.15, 0.2) is 0 Å². The van der Waals surface area contributed by atoms with Crippen LogP contribution in [0.25, 0.3) is 0 Å². The summed E-state index contributed by atoms with van der Waals surface area (Å²) in [6, 6.07) is 0. The van der Waals surface area contributed by atoms with Crippen molar-refractivity contribution in [1.29, 1.82) is 0 Å². The van der Waals surface area contributed by atoms with Crippen LogP contribution in [0.1, 0.15) is 130 Å². The highest BCUT2D eigenvalue weighted by Crippen LogP contribution is 2.45. The number of hydroxylamine groups is 2. The van der Waals surface area contributed by atoms with Gasteiger partial charge in [-0.15, -0.1) is 0 Å². The van der Waals surface area contributed by atoms with E-state index in [1.54, 1.807) is 5.06 Å². The number of hydrogen-bond donors (Lipinski definition) is 2. The van der Waals surface area contributed by atoms with Crippen LogP contribution in [0, 0.1) is 5.92 Å². The summed E-state index contributed by atoms with van der Waals surface area (Å²) >= 11 is 0. The molecule has 1 heterocycles. The average molecular weight is 398 g/mol. The molecule has 0 amide bonds. The molecule has 4 heteroatoms. The van der Waals surface area contributed by atoms with Crippen LogP contribution in [-0.4, -0.2) is 32.4 Å². The zero-order chi connectivity index (χ0) is 21.0. The second kappa shape index (κ2) is 12.8. The lowest BCUT2D eigenvalue weighted by atomic mass is 9.83. The topological polar surface area (TPSA) is 60.8 Å². The fraction of sp³-hybridized carbons (Fsp3) is 0.958. The van der Waals surface area contributed by atoms with Crippen LogP contribution in [0.2, 0.25) is 0 Å². The molecule has 1 fully saturated rings. The zero-order valence-corrected chi connectivity index (χ0v) is 19.1. The van der Waals surface area contributed by atoms with Crippen molar-refractivity contribution < 1.29 is 15.1 Å². The smallest absolute Gasteiger partial charge is 0.303 e. The van der Waals surface area contributed by atoms with E-state index in [4.69, 9.17) is 5.11 Å². The zero-order valence-electron chi connectivity index (χ0n) is 19.1. The Balaban J connectivity index is 1.88. The highest BCUT2D eigenvalue weighted by atomic mass is 16.5. The molecule has 0 spiro atoms. The van der Waals surface area contributed by atoms with Gasteiger partial charge in [-0.05, 0) is 52.9 Å². The molecule has 28 heavy (non-hydrogen) atoms. The van der Waals surface area contributed by atoms with E-state index < -0.39 is 5.97 Å². The van der Waals surface area contributed by atoms with Gasteiger partial charge in [0.1, 0.15) is 0 Å². The Morgan fingerprint density at radius 2 is 1.18 bits per heavy atom. The predicted molar refractivity (Wildman–Crippen MR) is 117 cm³/mol. The van der Waals surface area contributed by atoms with Crippen molar-refractivity contribution in [3.8, 4) is 0 Å². The number of hydrogen-bond acceptors (Lipinski definition) is 3. The van der Waals surface area contributed by atoms with E-state index >= 15 is 0 Å². The first kappa shape index (κ1) is 25.4. The second-order valence-electron chi connectivity index (χ2n) is 10.2. The predicted octanol–water partition coefficient (Wildman–Crippen LogP) is 7.19. The molecule has 0 bridgehead atoms. The van der Waals surface area contributed by atoms with Crippen LogP contribution >= 0.6 is 0 Å². The minimum atomic E-state index is -0.664. The third kappa shape index (κ3) is 9.26. The average Bonchev–Trinajstić information content (AvgIpc) is 2.77. The maximum Gasteiger partial charge on any atom is 0.303 e. The molecule has 0 aliphatic carbocycles. The third-order valence-electron chi connectivity index (χ3n) is 6.81. The van der Waals surface area contributed by atoms with Crippen LogP contribution in [-0.2, 0) is 4.79 Å². The van der Waals surface area contributed by atoms with Gasteiger partial charge >= 0.3 is 5.97 Å². The summed E-state index contributed by atoms with van der Waals surface area (Å²) < 4.78 is 0. The SMILES string of the molecule is CC1(C)CC(CCCCCCCCCCCCCCCC(=O)O)C(C)(C)N1O. The monoisotopic (exact) mass is 397 g/mol. The molecule has 1 saturated heterocycles. The van der Waals surface area contributed by atoms with Crippen molar-refractivity contribution in [1.82, 2.24) is 5.06 Å². The number of nitrogens with zero attached hydrogens (tertiary/aromatic N) is 1. The van der Waals surface area contributed by atoms with Crippen molar-refractivity contribution in [3.05, 3.63) is 0 Å². The number of aliphatic carboxylic acids is 1. The summed E-state index contributed by atoms with van der Waals surface area (Å²) in [5.74, 6) is -0.0697. The minimum absolute atomic E-state index is 0.0906. The van der Waals surface area contributed by atoms with Crippen molar-refractivity contribution >= 4 is 5.97 Å². The number of carboxylic acid groups (broad SMARTS) is 1. The van der Waals surface area contributed by atoms with Gasteiger partial charge in [0, 0.05) is 17.5 Å². The van der Waals surface area contributed by atoms with Crippen LogP contribution < -0.4 is 0 Å². The Morgan fingerprint density at radius 1 is 0.786 bits per heavy atom. The minimum Gasteiger partial charge on any atom is -0.481 e. The highest BCUT2D eigenvalue weighted by molar-refractivity contribution is 5.66. The number of carboxylic acids is 1. The summed E-state index contributed by atoms with van der Waals surface area (Å²) in [4.78, 5) is 10.4. The lowest BCUT2D eigenvalue weighted by Crippen LogP contribution is -2.47. The van der Waals surface area contributed by atoms with Gasteiger partial charge in [-0.2, -0.15) is 5.06 Å². The lowest BCUT2D eigenvalue weighted by molar-refractivity contribution is -0.197. The molecule has 1 aliphatic heterocycles. The molecule has 166 valence electrons. The van der Waals surface area contributed by atoms with E-state index in [-0.39, 0.29) is 11.1 Å². The summed E-state index contributed by atoms with van der Waals surface area (Å²) in [6.07, 6.45) is 19.1. The summed E-state index contributed by atoms with van der Waals surface area (Å²) in [7, 11) is 0. The van der Waals surface area contributed by atoms with Crippen molar-refractivity contribution in [2.45, 2.75) is 142 Å². The highest BCUT2D eigenvalue weighted by Gasteiger charge is 2.50. The maximum atomic E-state index is 10.4. The molecule has 1 aliphatic rings. The Kier molecular flexibility index (Phi) is 11.7. The molecule has 4 nitrogen and oxygen atoms in total. The molecule has 1 unspecified atom stereocenters. The first-order chi connectivity index (χ1) is 13.2. The molecule has 0 aromatic carbocycles. The fourth-order valence-corrected chi connectivity index (χ4v) is 4.96. The van der Waals surface area contributed by atoms with Crippen LogP contribution in [0.5, 0.6) is 0 Å². The standard InChI is InChI=1S/C24H47NO3/c1-23(2)20-21(24(3,4)25(23)28)18-16-14-12-10-8-6-5-7-9-11-13-15-17-19-22(26)27/h21,28H,5-20H2,1-4H3,(H,26,27). The van der Waals surface area contributed by atoms with E-state index in [0.29, 0.717) is 12.3 Å². The Bertz CT molecular complexity index is 434. The molecule has 2 N–H and O–H groups in total. The van der Waals surface area contributed by atoms with Gasteiger partial charge in [0.25, 0.3) is 0 Å². The first-order valence-corrected chi connectivity index (χ1v) is 11.9. The van der Waals surface area contributed by atoms with E-state index in [0.717, 1.165) is 19.3 Å². The number of carbonyl (C=O) groups is 1. The molecule has 1 rings (SSSR count). The van der Waals surface area contributed by atoms with Gasteiger partial charge in [0.2, 0.25) is 0 Å². The molecular weight excluding hydrogens is 350 g/mol. The largest absolute Gasteiger partial charge is 0.481 e. The fourth-order valence-electron chi connectivity index (χ4n) is 4.96. The number of rotatable bonds is 16. The van der Waals surface area contributed by atoms with Crippen molar-refractivity contribution in [2.24, 2.45) is 5.92 Å². The van der Waals surface area contributed by atoms with Gasteiger partial charge in [-0.3, -0.25) is 4.79 Å². The number of unbranched alkanes of at least 4 members (excludes halogenated alkanes) is 12. The van der Waals surface area contributed by atoms with Gasteiger partial charge in [-0.1, -0.05) is 77.0 Å². The second-order valence-corrected chi connectivity index (χ2v) is 10.2. The normalized spacial score (nSPS) is 21.2. The molecule has 1 atom stereocenters. The van der Waals surface area contributed by atoms with E-state index in [9.17, 15) is 10.0 Å². The van der Waals surface area contributed by atoms with Gasteiger partial charge in [0.05, 0.1) is 0 Å². The first-order valence-electron chi connectivity index (χ1n) is 11.9. The van der Waals surface area contributed by atoms with Gasteiger partial charge < -0.3 is 10.3 Å². The lowest BCUT2D eigenvalue weighted by Gasteiger charge is -2.36. The molecule has 0 aromatic heterocycles. The summed E-state index contributed by atoms with van der Waals surface area (Å²) in [6.45, 7) is 8.66. The summed E-state index contributed by atoms with van der Waals surface area (Å²) in [5, 5.41) is 20.6. The summed E-state index contributed by atoms with van der Waals surface area (Å²) in [5.41, 5.74) is -0.188. The van der Waals surface area contributed by atoms with Gasteiger partial charge in [-0.25, -0.2) is 0 Å². The third-order valence-corrected chi connectivity index (χ3v) is 6.81. The Labute approximate surface area is 174 Å². The molecule has 0 saturated carbocycles. The molecule has 0 radical (unpaired) electrons. The van der Waals surface area contributed by atoms with Crippen LogP contribution in [0.3, 0.4) is 0 Å². The quantitative estimate of drug-likeness (QED) is 0.270. The van der Waals surface area contributed by atoms with E-state index in [1.165, 1.54) is 77.0 Å². The Morgan fingerprint density at radius 3 is 1.54 bits per heavy atom. The van der Waals surface area contributed by atoms with E-state index in [2.05, 4.69) is 27.7 Å². The van der Waals surface area contributed by atoms with Crippen LogP contribution in [0.4, 0.5) is 0 Å². The Hall–Kier alpha value is -0.610. The molecular formula is C24H47NO3. The van der Waals surface area contributed by atoms with Crippen molar-refractivity contribution in [2.75, 3.05) is 0 Å². The van der Waals surface area contributed by atoms with Gasteiger partial charge in [0.15, 0.2) is 0 Å². The molecule has 0 aromatic rings. The van der Waals surface area contributed by atoms with E-state index in [1.807, 2.05) is 0 Å².